The van der Waals surface area contributed by atoms with Crippen molar-refractivity contribution >= 4 is 28.6 Å². The molecule has 0 fully saturated rings. The van der Waals surface area contributed by atoms with Crippen LogP contribution in [0, 0.1) is 0 Å². The Kier molecular flexibility index (Phi) is 3.06. The van der Waals surface area contributed by atoms with Crippen LogP contribution in [0.1, 0.15) is 0 Å². The number of aromatic nitrogens is 4. The molecule has 3 rings (SSSR count). The van der Waals surface area contributed by atoms with E-state index in [1.165, 1.54) is 11.8 Å². The summed E-state index contributed by atoms with van der Waals surface area (Å²) >= 11 is 1.46. The lowest BCUT2D eigenvalue weighted by atomic mass is 10.3. The Morgan fingerprint density at radius 1 is 1.26 bits per heavy atom. The average Bonchev–Trinajstić information content (AvgIpc) is 2.90. The predicted molar refractivity (Wildman–Crippen MR) is 76.3 cm³/mol. The third kappa shape index (κ3) is 2.13. The van der Waals surface area contributed by atoms with Crippen LogP contribution < -0.4 is 11.3 Å². The van der Waals surface area contributed by atoms with Crippen LogP contribution >= 0.6 is 11.8 Å². The second-order valence-corrected chi connectivity index (χ2v) is 4.62. The molecule has 0 unspecified atom stereocenters. The van der Waals surface area contributed by atoms with Gasteiger partial charge in [0.05, 0.1) is 11.0 Å². The molecular formula is C12H12N6S. The number of nitrogens with zero attached hydrogens (tertiary/aromatic N) is 4. The molecule has 0 aliphatic heterocycles. The number of fused-ring (bicyclic) bond motifs is 1. The number of thioether (sulfide) groups is 1. The Hall–Kier alpha value is -2.12. The summed E-state index contributed by atoms with van der Waals surface area (Å²) in [7, 11) is 0. The van der Waals surface area contributed by atoms with Crippen molar-refractivity contribution in [2.45, 2.75) is 5.16 Å². The predicted octanol–water partition coefficient (Wildman–Crippen LogP) is 1.82. The summed E-state index contributed by atoms with van der Waals surface area (Å²) in [5.74, 6) is 6.75. The molecule has 1 aromatic carbocycles. The third-order valence-electron chi connectivity index (χ3n) is 2.72. The highest BCUT2D eigenvalue weighted by Gasteiger charge is 2.08. The maximum Gasteiger partial charge on any atom is 0.191 e. The van der Waals surface area contributed by atoms with Crippen LogP contribution in [0.4, 0.5) is 5.82 Å². The molecule has 19 heavy (non-hydrogen) atoms. The zero-order chi connectivity index (χ0) is 13.2. The molecule has 0 radical (unpaired) electrons. The SMILES string of the molecule is CSc1nc(NN)cc(-n2cnc3ccccc32)n1. The lowest BCUT2D eigenvalue weighted by molar-refractivity contribution is 0.901. The molecule has 0 atom stereocenters. The first-order valence-corrected chi connectivity index (χ1v) is 6.86. The molecule has 3 N–H and O–H groups in total. The Balaban J connectivity index is 2.20. The van der Waals surface area contributed by atoms with Crippen LogP contribution in [0.5, 0.6) is 0 Å². The van der Waals surface area contributed by atoms with Crippen LogP contribution in [0.25, 0.3) is 16.9 Å². The maximum atomic E-state index is 5.43. The van der Waals surface area contributed by atoms with E-state index in [-0.39, 0.29) is 0 Å². The molecule has 96 valence electrons. The van der Waals surface area contributed by atoms with Gasteiger partial charge in [-0.3, -0.25) is 4.57 Å². The molecule has 7 heteroatoms. The van der Waals surface area contributed by atoms with Gasteiger partial charge in [-0.1, -0.05) is 23.9 Å². The summed E-state index contributed by atoms with van der Waals surface area (Å²) in [5.41, 5.74) is 4.48. The van der Waals surface area contributed by atoms with Crippen LogP contribution in [-0.4, -0.2) is 25.8 Å². The van der Waals surface area contributed by atoms with Gasteiger partial charge in [-0.15, -0.1) is 0 Å². The fourth-order valence-electron chi connectivity index (χ4n) is 1.84. The average molecular weight is 272 g/mol. The summed E-state index contributed by atoms with van der Waals surface area (Å²) in [4.78, 5) is 13.1. The molecule has 0 aliphatic carbocycles. The Morgan fingerprint density at radius 3 is 2.89 bits per heavy atom. The molecule has 3 aromatic rings. The smallest absolute Gasteiger partial charge is 0.191 e. The quantitative estimate of drug-likeness (QED) is 0.327. The Morgan fingerprint density at radius 2 is 2.11 bits per heavy atom. The number of anilines is 1. The highest BCUT2D eigenvalue weighted by molar-refractivity contribution is 7.98. The van der Waals surface area contributed by atoms with E-state index in [1.54, 1.807) is 12.4 Å². The first-order valence-electron chi connectivity index (χ1n) is 5.64. The van der Waals surface area contributed by atoms with Crippen LogP contribution in [0.3, 0.4) is 0 Å². The largest absolute Gasteiger partial charge is 0.308 e. The second-order valence-electron chi connectivity index (χ2n) is 3.85. The summed E-state index contributed by atoms with van der Waals surface area (Å²) in [6.07, 6.45) is 3.67. The summed E-state index contributed by atoms with van der Waals surface area (Å²) in [6, 6.07) is 9.68. The number of para-hydroxylation sites is 2. The number of imidazole rings is 1. The molecule has 0 saturated carbocycles. The zero-order valence-electron chi connectivity index (χ0n) is 10.2. The minimum absolute atomic E-state index is 0.576. The van der Waals surface area contributed by atoms with Crippen molar-refractivity contribution < 1.29 is 0 Å². The van der Waals surface area contributed by atoms with Crippen molar-refractivity contribution in [1.82, 2.24) is 19.5 Å². The summed E-state index contributed by atoms with van der Waals surface area (Å²) in [6.45, 7) is 0. The van der Waals surface area contributed by atoms with E-state index in [9.17, 15) is 0 Å². The monoisotopic (exact) mass is 272 g/mol. The number of hydrogen-bond acceptors (Lipinski definition) is 6. The number of nitrogen functional groups attached to an aromatic ring is 1. The molecular weight excluding hydrogens is 260 g/mol. The first-order chi connectivity index (χ1) is 9.31. The first kappa shape index (κ1) is 11.9. The van der Waals surface area contributed by atoms with E-state index in [1.807, 2.05) is 35.1 Å². The number of hydrogen-bond donors (Lipinski definition) is 2. The lowest BCUT2D eigenvalue weighted by Gasteiger charge is -2.07. The van der Waals surface area contributed by atoms with Crippen molar-refractivity contribution in [3.05, 3.63) is 36.7 Å². The third-order valence-corrected chi connectivity index (χ3v) is 3.27. The number of benzene rings is 1. The Labute approximate surface area is 114 Å². The second kappa shape index (κ2) is 4.87. The van der Waals surface area contributed by atoms with Crippen molar-refractivity contribution in [1.29, 1.82) is 0 Å². The number of hydrazine groups is 1. The zero-order valence-corrected chi connectivity index (χ0v) is 11.1. The molecule has 2 aromatic heterocycles. The molecule has 0 spiro atoms. The van der Waals surface area contributed by atoms with Gasteiger partial charge in [0.15, 0.2) is 5.16 Å². The molecule has 6 nitrogen and oxygen atoms in total. The van der Waals surface area contributed by atoms with Crippen LogP contribution in [0.2, 0.25) is 0 Å². The van der Waals surface area contributed by atoms with Crippen LogP contribution in [0.15, 0.2) is 41.8 Å². The normalized spacial score (nSPS) is 10.8. The molecule has 0 bridgehead atoms. The van der Waals surface area contributed by atoms with E-state index in [4.69, 9.17) is 5.84 Å². The minimum atomic E-state index is 0.576. The van der Waals surface area contributed by atoms with E-state index >= 15 is 0 Å². The van der Waals surface area contributed by atoms with Gasteiger partial charge >= 0.3 is 0 Å². The van der Waals surface area contributed by atoms with Crippen molar-refractivity contribution in [2.75, 3.05) is 11.7 Å². The fraction of sp³-hybridized carbons (Fsp3) is 0.0833. The van der Waals surface area contributed by atoms with E-state index in [0.29, 0.717) is 11.0 Å². The maximum absolute atomic E-state index is 5.43. The van der Waals surface area contributed by atoms with Gasteiger partial charge < -0.3 is 5.43 Å². The highest BCUT2D eigenvalue weighted by Crippen LogP contribution is 2.20. The Bertz CT molecular complexity index is 701. The van der Waals surface area contributed by atoms with Gasteiger partial charge in [0.2, 0.25) is 0 Å². The van der Waals surface area contributed by atoms with Crippen molar-refractivity contribution in [3.8, 4) is 5.82 Å². The standard InChI is InChI=1S/C12H12N6S/c1-19-12-15-10(17-13)6-11(16-12)18-7-14-8-4-2-3-5-9(8)18/h2-7H,13H2,1H3,(H,15,16,17). The molecule has 0 aliphatic rings. The van der Waals surface area contributed by atoms with E-state index < -0.39 is 0 Å². The lowest BCUT2D eigenvalue weighted by Crippen LogP contribution is -2.10. The van der Waals surface area contributed by atoms with Gasteiger partial charge in [-0.2, -0.15) is 0 Å². The minimum Gasteiger partial charge on any atom is -0.308 e. The molecule has 2 heterocycles. The number of nitrogens with two attached hydrogens (primary N) is 1. The fourth-order valence-corrected chi connectivity index (χ4v) is 2.22. The highest BCUT2D eigenvalue weighted by atomic mass is 32.2. The molecule has 0 saturated heterocycles. The van der Waals surface area contributed by atoms with E-state index in [0.717, 1.165) is 16.9 Å². The van der Waals surface area contributed by atoms with Gasteiger partial charge in [0.25, 0.3) is 0 Å². The van der Waals surface area contributed by atoms with Crippen molar-refractivity contribution in [2.24, 2.45) is 5.84 Å². The van der Waals surface area contributed by atoms with E-state index in [2.05, 4.69) is 20.4 Å². The molecule has 0 amide bonds. The van der Waals surface area contributed by atoms with Gasteiger partial charge in [-0.05, 0) is 18.4 Å². The summed E-state index contributed by atoms with van der Waals surface area (Å²) < 4.78 is 1.91. The van der Waals surface area contributed by atoms with Gasteiger partial charge in [0, 0.05) is 6.07 Å². The van der Waals surface area contributed by atoms with Crippen LogP contribution in [-0.2, 0) is 0 Å². The van der Waals surface area contributed by atoms with Crippen molar-refractivity contribution in [3.63, 3.8) is 0 Å². The number of nitrogens with one attached hydrogen (secondary N) is 1. The van der Waals surface area contributed by atoms with Gasteiger partial charge in [0.1, 0.15) is 18.0 Å². The van der Waals surface area contributed by atoms with Gasteiger partial charge in [-0.25, -0.2) is 20.8 Å². The summed E-state index contributed by atoms with van der Waals surface area (Å²) in [5, 5.41) is 0.656. The topological polar surface area (TPSA) is 81.6 Å². The number of rotatable bonds is 3.